The van der Waals surface area contributed by atoms with E-state index < -0.39 is 22.5 Å². The maximum atomic E-state index is 10.7. The van der Waals surface area contributed by atoms with Crippen LogP contribution in [0.15, 0.2) is 0 Å². The van der Waals surface area contributed by atoms with Crippen molar-refractivity contribution >= 4 is 29.2 Å². The van der Waals surface area contributed by atoms with E-state index in [9.17, 15) is 14.9 Å². The number of rotatable bonds is 4. The van der Waals surface area contributed by atoms with E-state index >= 15 is 0 Å². The zero-order chi connectivity index (χ0) is 13.2. The zero-order valence-corrected chi connectivity index (χ0v) is 9.72. The molecule has 8 nitrogen and oxygen atoms in total. The number of nitro groups is 1. The average Bonchev–Trinajstić information content (AvgIpc) is 2.19. The van der Waals surface area contributed by atoms with Crippen LogP contribution in [0.25, 0.3) is 0 Å². The fourth-order valence-electron chi connectivity index (χ4n) is 1.02. The van der Waals surface area contributed by atoms with Gasteiger partial charge in [0.1, 0.15) is 0 Å². The quantitative estimate of drug-likeness (QED) is 0.623. The Morgan fingerprint density at radius 2 is 2.12 bits per heavy atom. The summed E-state index contributed by atoms with van der Waals surface area (Å²) in [4.78, 5) is 27.3. The molecule has 0 aliphatic rings. The molecule has 9 heteroatoms. The van der Waals surface area contributed by atoms with Gasteiger partial charge in [-0.05, 0) is 23.8 Å². The third kappa shape index (κ3) is 3.00. The van der Waals surface area contributed by atoms with Crippen LogP contribution in [-0.4, -0.2) is 32.0 Å². The van der Waals surface area contributed by atoms with Gasteiger partial charge in [-0.25, -0.2) is 4.79 Å². The molecule has 0 unspecified atom stereocenters. The Balaban J connectivity index is 3.37. The molecule has 0 atom stereocenters. The highest BCUT2D eigenvalue weighted by molar-refractivity contribution is 6.34. The zero-order valence-electron chi connectivity index (χ0n) is 8.97. The Hall–Kier alpha value is -1.96. The van der Waals surface area contributed by atoms with E-state index in [4.69, 9.17) is 16.7 Å². The molecule has 1 aromatic heterocycles. The highest BCUT2D eigenvalue weighted by atomic mass is 35.5. The summed E-state index contributed by atoms with van der Waals surface area (Å²) in [7, 11) is 0. The summed E-state index contributed by atoms with van der Waals surface area (Å²) in [5.74, 6) is -2.94. The molecule has 0 saturated carbocycles. The number of aromatic carboxylic acids is 1. The van der Waals surface area contributed by atoms with Gasteiger partial charge in [-0.15, -0.1) is 0 Å². The van der Waals surface area contributed by atoms with Crippen LogP contribution in [0.2, 0.25) is 5.02 Å². The van der Waals surface area contributed by atoms with Crippen LogP contribution in [0.4, 0.5) is 11.6 Å². The lowest BCUT2D eigenvalue weighted by Gasteiger charge is -2.09. The Kier molecular flexibility index (Phi) is 3.79. The second kappa shape index (κ2) is 4.91. The van der Waals surface area contributed by atoms with Crippen molar-refractivity contribution in [3.8, 4) is 0 Å². The van der Waals surface area contributed by atoms with Gasteiger partial charge in [0.15, 0.2) is 10.8 Å². The van der Waals surface area contributed by atoms with Crippen molar-refractivity contribution in [3.63, 3.8) is 0 Å². The minimum Gasteiger partial charge on any atom is -0.474 e. The number of nitrogens with zero attached hydrogens (tertiary/aromatic N) is 3. The molecule has 0 aliphatic carbocycles. The number of carbonyl (C=O) groups is 1. The molecule has 0 saturated heterocycles. The maximum absolute atomic E-state index is 10.7. The van der Waals surface area contributed by atoms with E-state index in [1.807, 2.05) is 0 Å². The third-order valence-corrected chi connectivity index (χ3v) is 1.97. The Labute approximate surface area is 101 Å². The monoisotopic (exact) mass is 260 g/mol. The van der Waals surface area contributed by atoms with Gasteiger partial charge in [-0.1, -0.05) is 11.6 Å². The molecular weight excluding hydrogens is 252 g/mol. The molecule has 1 rings (SSSR count). The molecule has 92 valence electrons. The summed E-state index contributed by atoms with van der Waals surface area (Å²) in [5.41, 5.74) is 0. The van der Waals surface area contributed by atoms with Crippen LogP contribution >= 0.6 is 11.6 Å². The predicted molar refractivity (Wildman–Crippen MR) is 59.4 cm³/mol. The van der Waals surface area contributed by atoms with Gasteiger partial charge in [-0.2, -0.15) is 4.98 Å². The fraction of sp³-hybridized carbons (Fsp3) is 0.375. The lowest BCUT2D eigenvalue weighted by Crippen LogP contribution is -2.15. The largest absolute Gasteiger partial charge is 0.474 e. The maximum Gasteiger partial charge on any atom is 0.401 e. The Morgan fingerprint density at radius 1 is 1.53 bits per heavy atom. The van der Waals surface area contributed by atoms with Crippen LogP contribution in [0.5, 0.6) is 0 Å². The molecule has 17 heavy (non-hydrogen) atoms. The topological polar surface area (TPSA) is 118 Å². The highest BCUT2D eigenvalue weighted by Gasteiger charge is 2.26. The summed E-state index contributed by atoms with van der Waals surface area (Å²) in [6.07, 6.45) is 0. The van der Waals surface area contributed by atoms with E-state index in [0.717, 1.165) is 0 Å². The van der Waals surface area contributed by atoms with E-state index in [-0.39, 0.29) is 16.9 Å². The first kappa shape index (κ1) is 13.1. The first-order valence-electron chi connectivity index (χ1n) is 4.54. The van der Waals surface area contributed by atoms with Crippen molar-refractivity contribution in [2.24, 2.45) is 0 Å². The first-order valence-corrected chi connectivity index (χ1v) is 4.92. The lowest BCUT2D eigenvalue weighted by molar-refractivity contribution is -0.389. The van der Waals surface area contributed by atoms with E-state index in [2.05, 4.69) is 15.3 Å². The summed E-state index contributed by atoms with van der Waals surface area (Å²) in [6, 6.07) is -0.108. The number of carboxylic acids is 1. The van der Waals surface area contributed by atoms with Crippen LogP contribution in [0, 0.1) is 10.1 Å². The molecule has 0 aromatic carbocycles. The van der Waals surface area contributed by atoms with Crippen LogP contribution in [0.3, 0.4) is 0 Å². The minimum atomic E-state index is -1.46. The fourth-order valence-corrected chi connectivity index (χ4v) is 1.23. The number of anilines is 1. The summed E-state index contributed by atoms with van der Waals surface area (Å²) >= 11 is 5.70. The van der Waals surface area contributed by atoms with Crippen molar-refractivity contribution < 1.29 is 14.8 Å². The molecule has 0 aliphatic heterocycles. The standard InChI is InChI=1S/C8H9ClN4O4/c1-3(2)10-5-4(9)7(13(16)17)12-6(11-5)8(14)15/h3H,1-2H3,(H,14,15)(H,10,11,12). The van der Waals surface area contributed by atoms with Crippen LogP contribution in [0.1, 0.15) is 24.5 Å². The molecule has 1 aromatic rings. The number of halogens is 1. The molecule has 2 N–H and O–H groups in total. The summed E-state index contributed by atoms with van der Waals surface area (Å²) in [5, 5.41) is 21.8. The van der Waals surface area contributed by atoms with Gasteiger partial charge >= 0.3 is 17.6 Å². The van der Waals surface area contributed by atoms with Gasteiger partial charge in [0.25, 0.3) is 0 Å². The minimum absolute atomic E-state index is 0.0687. The Bertz CT molecular complexity index is 477. The number of nitrogens with one attached hydrogen (secondary N) is 1. The number of carboxylic acid groups (broad SMARTS) is 1. The van der Waals surface area contributed by atoms with E-state index in [1.165, 1.54) is 0 Å². The third-order valence-electron chi connectivity index (χ3n) is 1.62. The van der Waals surface area contributed by atoms with Crippen molar-refractivity contribution in [2.45, 2.75) is 19.9 Å². The van der Waals surface area contributed by atoms with Crippen LogP contribution in [-0.2, 0) is 0 Å². The van der Waals surface area contributed by atoms with E-state index in [0.29, 0.717) is 0 Å². The second-order valence-corrected chi connectivity index (χ2v) is 3.77. The highest BCUT2D eigenvalue weighted by Crippen LogP contribution is 2.28. The lowest BCUT2D eigenvalue weighted by atomic mass is 10.4. The molecule has 0 spiro atoms. The molecule has 1 heterocycles. The van der Waals surface area contributed by atoms with Gasteiger partial charge in [0.2, 0.25) is 0 Å². The van der Waals surface area contributed by atoms with Gasteiger partial charge < -0.3 is 20.5 Å². The average molecular weight is 261 g/mol. The smallest absolute Gasteiger partial charge is 0.401 e. The Morgan fingerprint density at radius 3 is 2.53 bits per heavy atom. The molecule has 0 amide bonds. The summed E-state index contributed by atoms with van der Waals surface area (Å²) in [6.45, 7) is 3.51. The first-order chi connectivity index (χ1) is 7.82. The predicted octanol–water partition coefficient (Wildman–Crippen LogP) is 1.56. The van der Waals surface area contributed by atoms with Crippen molar-refractivity contribution in [1.29, 1.82) is 0 Å². The van der Waals surface area contributed by atoms with E-state index in [1.54, 1.807) is 13.8 Å². The normalized spacial score (nSPS) is 10.4. The molecule has 0 bridgehead atoms. The molecule has 0 fully saturated rings. The van der Waals surface area contributed by atoms with Gasteiger partial charge in [0, 0.05) is 6.04 Å². The summed E-state index contributed by atoms with van der Waals surface area (Å²) < 4.78 is 0. The van der Waals surface area contributed by atoms with Crippen molar-refractivity contribution in [1.82, 2.24) is 9.97 Å². The van der Waals surface area contributed by atoms with Crippen molar-refractivity contribution in [3.05, 3.63) is 21.0 Å². The van der Waals surface area contributed by atoms with Gasteiger partial charge in [0.05, 0.1) is 0 Å². The number of hydrogen-bond donors (Lipinski definition) is 2. The molecule has 0 radical (unpaired) electrons. The second-order valence-electron chi connectivity index (χ2n) is 3.39. The van der Waals surface area contributed by atoms with Crippen molar-refractivity contribution in [2.75, 3.05) is 5.32 Å². The number of hydrogen-bond acceptors (Lipinski definition) is 6. The van der Waals surface area contributed by atoms with Gasteiger partial charge in [-0.3, -0.25) is 0 Å². The number of aromatic nitrogens is 2. The SMILES string of the molecule is CC(C)Nc1nc(C(=O)O)nc([N+](=O)[O-])c1Cl. The molecular formula is C8H9ClN4O4. The van der Waals surface area contributed by atoms with Crippen LogP contribution < -0.4 is 5.32 Å².